The van der Waals surface area contributed by atoms with Gasteiger partial charge in [0.1, 0.15) is 4.90 Å². The van der Waals surface area contributed by atoms with Crippen LogP contribution in [-0.2, 0) is 24.7 Å². The normalized spacial score (nSPS) is 11.8. The van der Waals surface area contributed by atoms with Crippen LogP contribution in [0.1, 0.15) is 13.3 Å². The third-order valence-corrected chi connectivity index (χ3v) is 5.13. The third-order valence-electron chi connectivity index (χ3n) is 1.94. The highest BCUT2D eigenvalue weighted by atomic mass is 32.2. The van der Waals surface area contributed by atoms with Crippen LogP contribution in [0.3, 0.4) is 0 Å². The van der Waals surface area contributed by atoms with E-state index in [0.29, 0.717) is 6.42 Å². The smallest absolute Gasteiger partial charge is 0.243 e. The molecule has 0 N–H and O–H groups in total. The van der Waals surface area contributed by atoms with Gasteiger partial charge in [0.25, 0.3) is 16.1 Å². The summed E-state index contributed by atoms with van der Waals surface area (Å²) in [6.45, 7) is 1.64. The van der Waals surface area contributed by atoms with E-state index >= 15 is 0 Å². The fraction of sp³-hybridized carbons (Fsp3) is 0.333. The lowest BCUT2D eigenvalue weighted by Gasteiger charge is -2.05. The van der Waals surface area contributed by atoms with Crippen LogP contribution in [0.2, 0.25) is 0 Å². The maximum absolute atomic E-state index is 11.8. The number of nitrogens with zero attached hydrogens (tertiary/aromatic N) is 2. The highest BCUT2D eigenvalue weighted by Gasteiger charge is 2.26. The number of sulfone groups is 1. The van der Waals surface area contributed by atoms with Gasteiger partial charge in [-0.1, -0.05) is 11.3 Å². The molecule has 0 bridgehead atoms. The molecular formula is C9H10N2O5S2. The van der Waals surface area contributed by atoms with Gasteiger partial charge in [0, 0.05) is 6.20 Å². The SMILES string of the molecule is CCCS(=O)(=O)c1ncccc1S(=O)(=O)N=C=O. The molecule has 0 atom stereocenters. The maximum Gasteiger partial charge on any atom is 0.295 e. The Hall–Kier alpha value is -1.57. The summed E-state index contributed by atoms with van der Waals surface area (Å²) in [7, 11) is -8.21. The second-order valence-electron chi connectivity index (χ2n) is 3.28. The highest BCUT2D eigenvalue weighted by Crippen LogP contribution is 2.21. The highest BCUT2D eigenvalue weighted by molar-refractivity contribution is 7.93. The molecule has 0 unspecified atom stereocenters. The quantitative estimate of drug-likeness (QED) is 0.569. The summed E-state index contributed by atoms with van der Waals surface area (Å²) in [5.74, 6) is -0.239. The largest absolute Gasteiger partial charge is 0.295 e. The Bertz CT molecular complexity index is 687. The first-order valence-corrected chi connectivity index (χ1v) is 7.96. The van der Waals surface area contributed by atoms with Crippen LogP contribution >= 0.6 is 0 Å². The maximum atomic E-state index is 11.8. The molecule has 0 amide bonds. The zero-order valence-electron chi connectivity index (χ0n) is 9.40. The van der Waals surface area contributed by atoms with E-state index in [4.69, 9.17) is 0 Å². The fourth-order valence-corrected chi connectivity index (χ4v) is 4.01. The Morgan fingerprint density at radius 1 is 1.33 bits per heavy atom. The van der Waals surface area contributed by atoms with Gasteiger partial charge in [-0.15, -0.1) is 0 Å². The number of hydrogen-bond acceptors (Lipinski definition) is 6. The minimum Gasteiger partial charge on any atom is -0.243 e. The van der Waals surface area contributed by atoms with E-state index in [2.05, 4.69) is 9.38 Å². The van der Waals surface area contributed by atoms with Crippen LogP contribution in [0.25, 0.3) is 0 Å². The van der Waals surface area contributed by atoms with E-state index in [9.17, 15) is 21.6 Å². The molecule has 98 valence electrons. The molecule has 0 aliphatic heterocycles. The summed E-state index contributed by atoms with van der Waals surface area (Å²) in [5, 5.41) is -0.592. The predicted octanol–water partition coefficient (Wildman–Crippen LogP) is 0.290. The number of sulfonamides is 1. The molecule has 0 fully saturated rings. The van der Waals surface area contributed by atoms with Crippen LogP contribution in [-0.4, -0.2) is 33.7 Å². The van der Waals surface area contributed by atoms with Crippen LogP contribution in [0.4, 0.5) is 0 Å². The summed E-state index contributed by atoms with van der Waals surface area (Å²) in [5.41, 5.74) is 0. The molecule has 0 saturated heterocycles. The molecule has 1 aromatic heterocycles. The van der Waals surface area contributed by atoms with Crippen LogP contribution < -0.4 is 0 Å². The molecular weight excluding hydrogens is 280 g/mol. The Kier molecular flexibility index (Phi) is 4.33. The van der Waals surface area contributed by atoms with E-state index in [0.717, 1.165) is 18.3 Å². The van der Waals surface area contributed by atoms with E-state index in [-0.39, 0.29) is 5.75 Å². The van der Waals surface area contributed by atoms with Crippen LogP contribution in [0, 0.1) is 0 Å². The molecule has 0 aliphatic carbocycles. The fourth-order valence-electron chi connectivity index (χ4n) is 1.27. The molecule has 0 saturated carbocycles. The summed E-state index contributed by atoms with van der Waals surface area (Å²) in [6, 6.07) is 2.28. The van der Waals surface area contributed by atoms with Crippen LogP contribution in [0.15, 0.2) is 32.6 Å². The minimum atomic E-state index is -4.38. The summed E-state index contributed by atoms with van der Waals surface area (Å²) >= 11 is 0. The van der Waals surface area contributed by atoms with Gasteiger partial charge in [0.05, 0.1) is 5.75 Å². The summed E-state index contributed by atoms with van der Waals surface area (Å²) < 4.78 is 49.4. The second kappa shape index (κ2) is 5.38. The van der Waals surface area contributed by atoms with Crippen molar-refractivity contribution in [3.63, 3.8) is 0 Å². The van der Waals surface area contributed by atoms with E-state index < -0.39 is 29.8 Å². The zero-order chi connectivity index (χ0) is 13.8. The standard InChI is InChI=1S/C9H10N2O5S2/c1-2-6-17(13,14)9-8(4-3-5-10-9)18(15,16)11-7-12/h3-5H,2,6H2,1H3. The molecule has 1 aromatic rings. The van der Waals surface area contributed by atoms with Crippen molar-refractivity contribution in [3.8, 4) is 0 Å². The zero-order valence-corrected chi connectivity index (χ0v) is 11.0. The number of isocyanates is 1. The number of carbonyl (C=O) groups excluding carboxylic acids is 1. The molecule has 1 rings (SSSR count). The molecule has 0 aromatic carbocycles. The van der Waals surface area contributed by atoms with Gasteiger partial charge in [0.15, 0.2) is 14.9 Å². The lowest BCUT2D eigenvalue weighted by Crippen LogP contribution is -2.13. The van der Waals surface area contributed by atoms with Gasteiger partial charge in [-0.3, -0.25) is 0 Å². The van der Waals surface area contributed by atoms with Gasteiger partial charge >= 0.3 is 0 Å². The van der Waals surface area contributed by atoms with Gasteiger partial charge in [-0.05, 0) is 18.6 Å². The number of pyridine rings is 1. The molecule has 7 nitrogen and oxygen atoms in total. The average Bonchev–Trinajstić information content (AvgIpc) is 2.29. The predicted molar refractivity (Wildman–Crippen MR) is 61.9 cm³/mol. The van der Waals surface area contributed by atoms with Crippen molar-refractivity contribution in [1.29, 1.82) is 0 Å². The Morgan fingerprint density at radius 2 is 2.00 bits per heavy atom. The molecule has 0 aliphatic rings. The minimum absolute atomic E-state index is 0.239. The van der Waals surface area contributed by atoms with E-state index in [1.165, 1.54) is 6.07 Å². The first-order valence-electron chi connectivity index (χ1n) is 4.87. The van der Waals surface area contributed by atoms with E-state index in [1.54, 1.807) is 6.92 Å². The first-order chi connectivity index (χ1) is 8.35. The second-order valence-corrected chi connectivity index (χ2v) is 6.88. The van der Waals surface area contributed by atoms with Gasteiger partial charge in [-0.25, -0.2) is 18.2 Å². The first kappa shape index (κ1) is 14.5. The Balaban J connectivity index is 3.56. The van der Waals surface area contributed by atoms with E-state index in [1.807, 2.05) is 0 Å². The Labute approximate surface area is 105 Å². The van der Waals surface area contributed by atoms with Gasteiger partial charge < -0.3 is 0 Å². The lowest BCUT2D eigenvalue weighted by atomic mass is 10.5. The average molecular weight is 290 g/mol. The van der Waals surface area contributed by atoms with Crippen molar-refractivity contribution >= 4 is 25.9 Å². The Morgan fingerprint density at radius 3 is 2.56 bits per heavy atom. The van der Waals surface area contributed by atoms with Crippen molar-refractivity contribution in [2.45, 2.75) is 23.3 Å². The number of aromatic nitrogens is 1. The van der Waals surface area contributed by atoms with Crippen molar-refractivity contribution in [2.75, 3.05) is 5.75 Å². The van der Waals surface area contributed by atoms with Gasteiger partial charge in [0.2, 0.25) is 0 Å². The van der Waals surface area contributed by atoms with Crippen LogP contribution in [0.5, 0.6) is 0 Å². The molecule has 0 spiro atoms. The van der Waals surface area contributed by atoms with Crippen molar-refractivity contribution in [2.24, 2.45) is 4.40 Å². The summed E-state index contributed by atoms with van der Waals surface area (Å²) in [6.07, 6.45) is 2.36. The number of hydrogen-bond donors (Lipinski definition) is 0. The molecule has 0 radical (unpaired) electrons. The van der Waals surface area contributed by atoms with Crippen molar-refractivity contribution in [1.82, 2.24) is 4.98 Å². The molecule has 18 heavy (non-hydrogen) atoms. The van der Waals surface area contributed by atoms with Gasteiger partial charge in [-0.2, -0.15) is 8.42 Å². The summed E-state index contributed by atoms with van der Waals surface area (Å²) in [4.78, 5) is 13.0. The molecule has 9 heteroatoms. The van der Waals surface area contributed by atoms with Crippen molar-refractivity contribution in [3.05, 3.63) is 18.3 Å². The third kappa shape index (κ3) is 3.00. The van der Waals surface area contributed by atoms with Crippen molar-refractivity contribution < 1.29 is 21.6 Å². The number of rotatable bonds is 5. The topological polar surface area (TPSA) is 111 Å². The lowest BCUT2D eigenvalue weighted by molar-refractivity contribution is 0.562. The monoisotopic (exact) mass is 290 g/mol. The molecule has 1 heterocycles.